The molecule has 108 valence electrons. The van der Waals surface area contributed by atoms with Crippen LogP contribution in [0.5, 0.6) is 0 Å². The quantitative estimate of drug-likeness (QED) is 0.745. The molecule has 6 heteroatoms. The van der Waals surface area contributed by atoms with Crippen molar-refractivity contribution in [1.82, 2.24) is 15.2 Å². The summed E-state index contributed by atoms with van der Waals surface area (Å²) < 4.78 is 24.2. The first-order chi connectivity index (χ1) is 8.90. The minimum atomic E-state index is -3.49. The maximum atomic E-state index is 12.1. The Balaban J connectivity index is 3.06. The monoisotopic (exact) mass is 285 g/mol. The molecule has 0 saturated carbocycles. The Bertz CT molecular complexity index is 500. The van der Waals surface area contributed by atoms with Gasteiger partial charge in [-0.15, -0.1) is 4.83 Å². The van der Waals surface area contributed by atoms with E-state index in [1.807, 2.05) is 13.0 Å². The van der Waals surface area contributed by atoms with Gasteiger partial charge in [0.05, 0.1) is 4.90 Å². The Morgan fingerprint density at radius 3 is 2.47 bits per heavy atom. The lowest BCUT2D eigenvalue weighted by Gasteiger charge is -2.18. The molecule has 1 unspecified atom stereocenters. The Kier molecular flexibility index (Phi) is 5.93. The van der Waals surface area contributed by atoms with E-state index in [2.05, 4.69) is 17.1 Å². The fourth-order valence-electron chi connectivity index (χ4n) is 1.94. The zero-order chi connectivity index (χ0) is 14.5. The first-order valence-electron chi connectivity index (χ1n) is 6.43. The largest absolute Gasteiger partial charge is 0.310 e. The molecule has 0 aliphatic rings. The summed E-state index contributed by atoms with van der Waals surface area (Å²) in [5, 5.41) is 4.76. The Labute approximate surface area is 116 Å². The lowest BCUT2D eigenvalue weighted by molar-refractivity contribution is 0.364. The first-order valence-corrected chi connectivity index (χ1v) is 7.92. The summed E-state index contributed by atoms with van der Waals surface area (Å²) in [5.41, 5.74) is 0.992. The van der Waals surface area contributed by atoms with Crippen molar-refractivity contribution in [2.75, 3.05) is 20.6 Å². The molecule has 0 aliphatic heterocycles. The molecule has 19 heavy (non-hydrogen) atoms. The number of sulfonamides is 1. The molecule has 0 heterocycles. The van der Waals surface area contributed by atoms with Crippen molar-refractivity contribution in [3.05, 3.63) is 29.8 Å². The highest BCUT2D eigenvalue weighted by Gasteiger charge is 2.17. The smallest absolute Gasteiger partial charge is 0.253 e. The van der Waals surface area contributed by atoms with E-state index in [0.29, 0.717) is 0 Å². The standard InChI is InChI=1S/C13H23N3O2S/c1-5-13(14-6-2)11-8-7-9-12(10-11)19(17,18)15-16(3)4/h7-10,13-15H,5-6H2,1-4H3. The third-order valence-corrected chi connectivity index (χ3v) is 4.21. The van der Waals surface area contributed by atoms with Gasteiger partial charge in [0.2, 0.25) is 0 Å². The molecule has 1 aromatic carbocycles. The van der Waals surface area contributed by atoms with E-state index in [1.54, 1.807) is 32.3 Å². The minimum Gasteiger partial charge on any atom is -0.310 e. The van der Waals surface area contributed by atoms with Crippen LogP contribution in [-0.2, 0) is 10.0 Å². The maximum Gasteiger partial charge on any atom is 0.253 e. The van der Waals surface area contributed by atoms with Gasteiger partial charge < -0.3 is 5.32 Å². The van der Waals surface area contributed by atoms with Gasteiger partial charge in [-0.3, -0.25) is 0 Å². The zero-order valence-electron chi connectivity index (χ0n) is 12.0. The lowest BCUT2D eigenvalue weighted by atomic mass is 10.0. The minimum absolute atomic E-state index is 0.180. The van der Waals surface area contributed by atoms with Crippen LogP contribution in [0.1, 0.15) is 31.9 Å². The molecule has 5 nitrogen and oxygen atoms in total. The number of hydrogen-bond donors (Lipinski definition) is 2. The molecule has 0 amide bonds. The molecule has 0 saturated heterocycles. The molecule has 1 rings (SSSR count). The SMILES string of the molecule is CCNC(CC)c1cccc(S(=O)(=O)NN(C)C)c1. The molecule has 0 bridgehead atoms. The summed E-state index contributed by atoms with van der Waals surface area (Å²) in [5.74, 6) is 0. The van der Waals surface area contributed by atoms with E-state index in [1.165, 1.54) is 5.01 Å². The van der Waals surface area contributed by atoms with Gasteiger partial charge in [-0.25, -0.2) is 13.4 Å². The molecule has 0 spiro atoms. The Morgan fingerprint density at radius 2 is 1.95 bits per heavy atom. The third kappa shape index (κ3) is 4.58. The maximum absolute atomic E-state index is 12.1. The van der Waals surface area contributed by atoms with Crippen molar-refractivity contribution in [3.63, 3.8) is 0 Å². The molecular formula is C13H23N3O2S. The van der Waals surface area contributed by atoms with Crippen LogP contribution < -0.4 is 10.1 Å². The fraction of sp³-hybridized carbons (Fsp3) is 0.538. The van der Waals surface area contributed by atoms with Gasteiger partial charge in [0, 0.05) is 20.1 Å². The molecule has 1 atom stereocenters. The number of nitrogens with one attached hydrogen (secondary N) is 2. The number of nitrogens with zero attached hydrogens (tertiary/aromatic N) is 1. The second kappa shape index (κ2) is 7.00. The van der Waals surface area contributed by atoms with E-state index in [9.17, 15) is 8.42 Å². The van der Waals surface area contributed by atoms with Crippen LogP contribution >= 0.6 is 0 Å². The summed E-state index contributed by atoms with van der Waals surface area (Å²) in [6.07, 6.45) is 0.915. The van der Waals surface area contributed by atoms with Gasteiger partial charge >= 0.3 is 0 Å². The summed E-state index contributed by atoms with van der Waals surface area (Å²) in [6, 6.07) is 7.24. The average Bonchev–Trinajstić information content (AvgIpc) is 2.34. The molecule has 0 fully saturated rings. The molecule has 0 aromatic heterocycles. The predicted molar refractivity (Wildman–Crippen MR) is 77.2 cm³/mol. The third-order valence-electron chi connectivity index (χ3n) is 2.73. The Hall–Kier alpha value is -0.950. The van der Waals surface area contributed by atoms with Crippen LogP contribution in [0.15, 0.2) is 29.2 Å². The van der Waals surface area contributed by atoms with Crippen molar-refractivity contribution in [2.45, 2.75) is 31.2 Å². The topological polar surface area (TPSA) is 61.4 Å². The second-order valence-corrected chi connectivity index (χ2v) is 6.24. The predicted octanol–water partition coefficient (Wildman–Crippen LogP) is 1.50. The van der Waals surface area contributed by atoms with Crippen LogP contribution in [0.25, 0.3) is 0 Å². The zero-order valence-corrected chi connectivity index (χ0v) is 12.8. The van der Waals surface area contributed by atoms with Gasteiger partial charge in [-0.05, 0) is 30.7 Å². The number of rotatable bonds is 7. The highest BCUT2D eigenvalue weighted by molar-refractivity contribution is 7.89. The summed E-state index contributed by atoms with van der Waals surface area (Å²) in [6.45, 7) is 4.97. The van der Waals surface area contributed by atoms with Crippen LogP contribution in [0, 0.1) is 0 Å². The van der Waals surface area contributed by atoms with E-state index in [0.717, 1.165) is 18.5 Å². The van der Waals surface area contributed by atoms with Crippen molar-refractivity contribution in [1.29, 1.82) is 0 Å². The first kappa shape index (κ1) is 16.1. The van der Waals surface area contributed by atoms with Crippen LogP contribution in [-0.4, -0.2) is 34.1 Å². The van der Waals surface area contributed by atoms with E-state index >= 15 is 0 Å². The van der Waals surface area contributed by atoms with Gasteiger partial charge in [0.1, 0.15) is 0 Å². The van der Waals surface area contributed by atoms with Crippen molar-refractivity contribution < 1.29 is 8.42 Å². The highest BCUT2D eigenvalue weighted by atomic mass is 32.2. The Morgan fingerprint density at radius 1 is 1.26 bits per heavy atom. The number of hydrazine groups is 1. The molecule has 0 aliphatic carbocycles. The summed E-state index contributed by atoms with van der Waals surface area (Å²) >= 11 is 0. The van der Waals surface area contributed by atoms with Gasteiger partial charge in [-0.1, -0.05) is 26.0 Å². The summed E-state index contributed by atoms with van der Waals surface area (Å²) in [4.78, 5) is 2.72. The van der Waals surface area contributed by atoms with E-state index in [-0.39, 0.29) is 10.9 Å². The summed E-state index contributed by atoms with van der Waals surface area (Å²) in [7, 11) is -0.195. The molecule has 0 radical (unpaired) electrons. The van der Waals surface area contributed by atoms with Crippen LogP contribution in [0.4, 0.5) is 0 Å². The number of hydrogen-bond acceptors (Lipinski definition) is 4. The van der Waals surface area contributed by atoms with Crippen molar-refractivity contribution >= 4 is 10.0 Å². The van der Waals surface area contributed by atoms with E-state index in [4.69, 9.17) is 0 Å². The van der Waals surface area contributed by atoms with Crippen molar-refractivity contribution in [2.24, 2.45) is 0 Å². The normalized spacial score (nSPS) is 13.7. The van der Waals surface area contributed by atoms with Crippen LogP contribution in [0.3, 0.4) is 0 Å². The fourth-order valence-corrected chi connectivity index (χ4v) is 3.07. The van der Waals surface area contributed by atoms with Crippen molar-refractivity contribution in [3.8, 4) is 0 Å². The van der Waals surface area contributed by atoms with Gasteiger partial charge in [-0.2, -0.15) is 0 Å². The molecule has 2 N–H and O–H groups in total. The van der Waals surface area contributed by atoms with Crippen LogP contribution in [0.2, 0.25) is 0 Å². The molecular weight excluding hydrogens is 262 g/mol. The van der Waals surface area contributed by atoms with E-state index < -0.39 is 10.0 Å². The van der Waals surface area contributed by atoms with Gasteiger partial charge in [0.15, 0.2) is 0 Å². The number of benzene rings is 1. The van der Waals surface area contributed by atoms with Gasteiger partial charge in [0.25, 0.3) is 10.0 Å². The average molecular weight is 285 g/mol. The second-order valence-electron chi connectivity index (χ2n) is 4.58. The molecule has 1 aromatic rings. The lowest BCUT2D eigenvalue weighted by Crippen LogP contribution is -2.36. The highest BCUT2D eigenvalue weighted by Crippen LogP contribution is 2.20.